The van der Waals surface area contributed by atoms with Crippen LogP contribution in [-0.4, -0.2) is 11.3 Å². The van der Waals surface area contributed by atoms with Crippen molar-refractivity contribution in [2.45, 2.75) is 31.6 Å². The highest BCUT2D eigenvalue weighted by molar-refractivity contribution is 6.88. The molecule has 6 aromatic carbocycles. The van der Waals surface area contributed by atoms with E-state index in [1.807, 2.05) is 0 Å². The van der Waals surface area contributed by atoms with Gasteiger partial charge in [0.1, 0.15) is 16.7 Å². The Hall–Kier alpha value is -5.74. The molecule has 2 aliphatic heterocycles. The third-order valence-corrected chi connectivity index (χ3v) is 12.6. The van der Waals surface area contributed by atoms with Crippen LogP contribution in [0.25, 0.3) is 77.2 Å². The number of rotatable bonds is 0. The zero-order valence-corrected chi connectivity index (χ0v) is 27.1. The number of benzene rings is 6. The summed E-state index contributed by atoms with van der Waals surface area (Å²) in [5.41, 5.74) is 21.7. The molecule has 4 heteroatoms. The Morgan fingerprint density at radius 1 is 0.653 bits per heavy atom. The molecule has 1 atom stereocenters. The van der Waals surface area contributed by atoms with E-state index in [0.29, 0.717) is 0 Å². The highest BCUT2D eigenvalue weighted by atomic mass is 16.3. The summed E-state index contributed by atoms with van der Waals surface area (Å²) in [4.78, 5) is 0. The summed E-state index contributed by atoms with van der Waals surface area (Å²) < 4.78 is 16.3. The molecule has 3 aromatic heterocycles. The maximum Gasteiger partial charge on any atom is 0.329 e. The molecule has 0 radical (unpaired) electrons. The lowest BCUT2D eigenvalue weighted by molar-refractivity contribution is 0.670. The third-order valence-electron chi connectivity index (χ3n) is 12.6. The van der Waals surface area contributed by atoms with Gasteiger partial charge in [0.25, 0.3) is 0 Å². The topological polar surface area (TPSA) is 31.2 Å². The monoisotopic (exact) mass is 625 g/mol. The Morgan fingerprint density at radius 2 is 1.35 bits per heavy atom. The van der Waals surface area contributed by atoms with Crippen molar-refractivity contribution in [1.29, 1.82) is 0 Å². The van der Waals surface area contributed by atoms with E-state index in [4.69, 9.17) is 8.83 Å². The largest absolute Gasteiger partial charge is 0.455 e. The first-order valence-corrected chi connectivity index (χ1v) is 17.5. The summed E-state index contributed by atoms with van der Waals surface area (Å²) in [5, 5.41) is 4.72. The molecule has 3 nitrogen and oxygen atoms in total. The highest BCUT2D eigenvalue weighted by Crippen LogP contribution is 2.59. The van der Waals surface area contributed by atoms with Crippen molar-refractivity contribution >= 4 is 83.8 Å². The minimum absolute atomic E-state index is 0.0150. The number of hydrogen-bond donors (Lipinski definition) is 0. The number of nitrogens with zero attached hydrogens (tertiary/aromatic N) is 1. The number of para-hydroxylation sites is 3. The van der Waals surface area contributed by atoms with Crippen molar-refractivity contribution < 1.29 is 8.83 Å². The minimum atomic E-state index is -0.0733. The van der Waals surface area contributed by atoms with E-state index in [1.165, 1.54) is 88.2 Å². The van der Waals surface area contributed by atoms with Crippen LogP contribution in [0.5, 0.6) is 0 Å². The van der Waals surface area contributed by atoms with Crippen molar-refractivity contribution in [3.8, 4) is 11.1 Å². The Morgan fingerprint density at radius 3 is 2.24 bits per heavy atom. The maximum atomic E-state index is 6.89. The number of furan rings is 2. The first-order valence-electron chi connectivity index (χ1n) is 17.5. The van der Waals surface area contributed by atoms with E-state index in [2.05, 4.69) is 134 Å². The van der Waals surface area contributed by atoms with Crippen molar-refractivity contribution in [3.05, 3.63) is 143 Å². The van der Waals surface area contributed by atoms with Gasteiger partial charge in [0.05, 0.1) is 5.52 Å². The molecule has 9 aromatic rings. The standard InChI is InChI=1S/C45H28BNO2/c1-45(2)33-17-6-3-11-23(33)30-21-29-31-22-32-24-12-4-7-19-35(24)48-43(32)38-27-15-9-16-28-41(27)47(42-25-13-5-8-20-36(25)49-44(28)42)46(40(31)38)34-18-10-14-26(37(29)34)39(30)45/h3-20,22,29H,21H2,1-2H3. The van der Waals surface area contributed by atoms with E-state index in [9.17, 15) is 0 Å². The smallest absolute Gasteiger partial charge is 0.329 e. The molecule has 0 bridgehead atoms. The Kier molecular flexibility index (Phi) is 4.18. The van der Waals surface area contributed by atoms with Crippen LogP contribution in [0.4, 0.5) is 0 Å². The lowest BCUT2D eigenvalue weighted by Crippen LogP contribution is -2.57. The van der Waals surface area contributed by atoms with Gasteiger partial charge in [0.15, 0.2) is 5.58 Å². The summed E-state index contributed by atoms with van der Waals surface area (Å²) in [7, 11) is 0. The average Bonchev–Trinajstić information content (AvgIpc) is 3.85. The van der Waals surface area contributed by atoms with Crippen molar-refractivity contribution in [1.82, 2.24) is 4.48 Å². The van der Waals surface area contributed by atoms with Crippen LogP contribution < -0.4 is 10.9 Å². The molecule has 0 spiro atoms. The van der Waals surface area contributed by atoms with E-state index in [-0.39, 0.29) is 18.2 Å². The van der Waals surface area contributed by atoms with Crippen LogP contribution in [0.1, 0.15) is 54.0 Å². The van der Waals surface area contributed by atoms with Crippen molar-refractivity contribution in [3.63, 3.8) is 0 Å². The average molecular weight is 626 g/mol. The van der Waals surface area contributed by atoms with Gasteiger partial charge < -0.3 is 13.3 Å². The van der Waals surface area contributed by atoms with Gasteiger partial charge in [0.2, 0.25) is 0 Å². The molecule has 0 saturated carbocycles. The fraction of sp³-hybridized carbons (Fsp3) is 0.111. The molecular weight excluding hydrogens is 597 g/mol. The molecule has 5 heterocycles. The molecule has 0 fully saturated rings. The number of aromatic nitrogens is 1. The Bertz CT molecular complexity index is 3070. The first kappa shape index (κ1) is 25.3. The van der Waals surface area contributed by atoms with E-state index in [1.54, 1.807) is 0 Å². The van der Waals surface area contributed by atoms with Crippen molar-refractivity contribution in [2.75, 3.05) is 0 Å². The quantitative estimate of drug-likeness (QED) is 0.157. The second-order valence-corrected chi connectivity index (χ2v) is 15.1. The second-order valence-electron chi connectivity index (χ2n) is 15.1. The molecule has 0 amide bonds. The maximum absolute atomic E-state index is 6.89. The summed E-state index contributed by atoms with van der Waals surface area (Å²) in [6.45, 7) is 4.84. The molecule has 2 aliphatic carbocycles. The minimum Gasteiger partial charge on any atom is -0.455 e. The van der Waals surface area contributed by atoms with Crippen LogP contribution >= 0.6 is 0 Å². The lowest BCUT2D eigenvalue weighted by atomic mass is 9.40. The molecule has 0 saturated heterocycles. The van der Waals surface area contributed by atoms with Crippen LogP contribution in [0.15, 0.2) is 124 Å². The predicted molar refractivity (Wildman–Crippen MR) is 202 cm³/mol. The zero-order chi connectivity index (χ0) is 31.9. The number of hydrogen-bond acceptors (Lipinski definition) is 2. The molecule has 1 unspecified atom stereocenters. The zero-order valence-electron chi connectivity index (χ0n) is 27.1. The van der Waals surface area contributed by atoms with Gasteiger partial charge in [-0.2, -0.15) is 0 Å². The SMILES string of the molecule is CC1(C)C2=C(CC3c4cc5c(oc6ccccc65)c5c4B(c4cccc2c43)n2c3c-5cccc3c3oc4ccccc4c32)c2ccccc21. The number of fused-ring (bicyclic) bond motifs is 16. The Labute approximate surface area is 282 Å². The molecule has 4 aliphatic rings. The summed E-state index contributed by atoms with van der Waals surface area (Å²) in [6.07, 6.45) is 0.993. The molecule has 228 valence electrons. The fourth-order valence-electron chi connectivity index (χ4n) is 10.8. The van der Waals surface area contributed by atoms with Gasteiger partial charge in [0, 0.05) is 49.5 Å². The van der Waals surface area contributed by atoms with Crippen LogP contribution in [0, 0.1) is 0 Å². The Balaban J connectivity index is 1.25. The summed E-state index contributed by atoms with van der Waals surface area (Å²) in [6, 6.07) is 42.6. The normalized spacial score (nSPS) is 17.8. The highest BCUT2D eigenvalue weighted by Gasteiger charge is 2.50. The second kappa shape index (κ2) is 8.10. The van der Waals surface area contributed by atoms with Crippen LogP contribution in [0.3, 0.4) is 0 Å². The van der Waals surface area contributed by atoms with Gasteiger partial charge in [-0.1, -0.05) is 98.8 Å². The molecule has 49 heavy (non-hydrogen) atoms. The summed E-state index contributed by atoms with van der Waals surface area (Å²) >= 11 is 0. The molecular formula is C45H28BNO2. The van der Waals surface area contributed by atoms with Gasteiger partial charge in [-0.25, -0.2) is 0 Å². The van der Waals surface area contributed by atoms with Crippen LogP contribution in [0.2, 0.25) is 0 Å². The molecule has 13 rings (SSSR count). The lowest BCUT2D eigenvalue weighted by Gasteiger charge is -2.42. The van der Waals surface area contributed by atoms with E-state index < -0.39 is 0 Å². The van der Waals surface area contributed by atoms with Crippen molar-refractivity contribution in [2.24, 2.45) is 0 Å². The first-order chi connectivity index (χ1) is 24.1. The van der Waals surface area contributed by atoms with Gasteiger partial charge >= 0.3 is 6.85 Å². The van der Waals surface area contributed by atoms with Crippen LogP contribution in [-0.2, 0) is 5.41 Å². The van der Waals surface area contributed by atoms with Gasteiger partial charge in [-0.05, 0) is 86.6 Å². The third kappa shape index (κ3) is 2.70. The van der Waals surface area contributed by atoms with E-state index >= 15 is 0 Å². The molecule has 0 N–H and O–H groups in total. The summed E-state index contributed by atoms with van der Waals surface area (Å²) in [5.74, 6) is 0.239. The van der Waals surface area contributed by atoms with E-state index in [0.717, 1.165) is 34.1 Å². The predicted octanol–water partition coefficient (Wildman–Crippen LogP) is 10.1. The van der Waals surface area contributed by atoms with Gasteiger partial charge in [-0.3, -0.25) is 0 Å². The van der Waals surface area contributed by atoms with Gasteiger partial charge in [-0.15, -0.1) is 0 Å². The number of allylic oxidation sites excluding steroid dienone is 2. The fourth-order valence-corrected chi connectivity index (χ4v) is 10.8.